The Balaban J connectivity index is 2.87. The number of aromatic nitrogens is 1. The van der Waals surface area contributed by atoms with Gasteiger partial charge in [-0.25, -0.2) is 4.98 Å². The number of thiazole rings is 1. The van der Waals surface area contributed by atoms with Gasteiger partial charge in [-0.15, -0.1) is 11.3 Å². The Morgan fingerprint density at radius 2 is 1.75 bits per heavy atom. The van der Waals surface area contributed by atoms with Crippen LogP contribution in [-0.2, 0) is 13.0 Å². The Morgan fingerprint density at radius 1 is 1.10 bits per heavy atom. The minimum atomic E-state index is 0.525. The van der Waals surface area contributed by atoms with Gasteiger partial charge in [0.1, 0.15) is 0 Å². The first kappa shape index (κ1) is 17.4. The summed E-state index contributed by atoms with van der Waals surface area (Å²) < 4.78 is 0. The lowest BCUT2D eigenvalue weighted by Crippen LogP contribution is -2.24. The molecule has 0 amide bonds. The molecule has 0 aliphatic carbocycles. The van der Waals surface area contributed by atoms with E-state index in [1.54, 1.807) is 0 Å². The molecule has 116 valence electrons. The number of rotatable bonds is 10. The van der Waals surface area contributed by atoms with E-state index in [-0.39, 0.29) is 0 Å². The van der Waals surface area contributed by atoms with Gasteiger partial charge >= 0.3 is 0 Å². The lowest BCUT2D eigenvalue weighted by atomic mass is 10.2. The molecule has 20 heavy (non-hydrogen) atoms. The van der Waals surface area contributed by atoms with Crippen molar-refractivity contribution in [1.82, 2.24) is 10.3 Å². The van der Waals surface area contributed by atoms with E-state index in [1.807, 2.05) is 11.3 Å². The van der Waals surface area contributed by atoms with Crippen molar-refractivity contribution in [3.8, 4) is 0 Å². The molecule has 0 radical (unpaired) electrons. The number of hydrogen-bond acceptors (Lipinski definition) is 4. The molecule has 0 spiro atoms. The van der Waals surface area contributed by atoms with E-state index in [4.69, 9.17) is 4.98 Å². The van der Waals surface area contributed by atoms with E-state index in [9.17, 15) is 0 Å². The van der Waals surface area contributed by atoms with Gasteiger partial charge < -0.3 is 10.2 Å². The number of anilines is 1. The van der Waals surface area contributed by atoms with Gasteiger partial charge in [0.05, 0.1) is 5.69 Å². The predicted octanol–water partition coefficient (Wildman–Crippen LogP) is 4.22. The molecule has 0 unspecified atom stereocenters. The minimum absolute atomic E-state index is 0.525. The predicted molar refractivity (Wildman–Crippen MR) is 90.9 cm³/mol. The highest BCUT2D eigenvalue weighted by Gasteiger charge is 2.15. The molecule has 1 aromatic heterocycles. The van der Waals surface area contributed by atoms with Crippen LogP contribution in [0.3, 0.4) is 0 Å². The highest BCUT2D eigenvalue weighted by Crippen LogP contribution is 2.28. The van der Waals surface area contributed by atoms with Gasteiger partial charge in [0, 0.05) is 30.6 Å². The molecule has 0 fully saturated rings. The smallest absolute Gasteiger partial charge is 0.185 e. The summed E-state index contributed by atoms with van der Waals surface area (Å²) >= 11 is 1.88. The fourth-order valence-corrected chi connectivity index (χ4v) is 3.32. The van der Waals surface area contributed by atoms with Gasteiger partial charge in [-0.1, -0.05) is 41.0 Å². The number of nitrogens with one attached hydrogen (secondary N) is 1. The minimum Gasteiger partial charge on any atom is -0.348 e. The van der Waals surface area contributed by atoms with Gasteiger partial charge in [0.25, 0.3) is 0 Å². The summed E-state index contributed by atoms with van der Waals surface area (Å²) in [6, 6.07) is 0.525. The lowest BCUT2D eigenvalue weighted by molar-refractivity contribution is 0.589. The second kappa shape index (κ2) is 9.35. The van der Waals surface area contributed by atoms with Gasteiger partial charge in [-0.3, -0.25) is 0 Å². The first-order valence-electron chi connectivity index (χ1n) is 8.09. The zero-order valence-electron chi connectivity index (χ0n) is 13.8. The Bertz CT molecular complexity index is 368. The van der Waals surface area contributed by atoms with Crippen LogP contribution >= 0.6 is 11.3 Å². The fraction of sp³-hybridized carbons (Fsp3) is 0.812. The van der Waals surface area contributed by atoms with Crippen molar-refractivity contribution in [3.63, 3.8) is 0 Å². The van der Waals surface area contributed by atoms with Crippen molar-refractivity contribution in [1.29, 1.82) is 0 Å². The zero-order valence-corrected chi connectivity index (χ0v) is 14.6. The molecule has 0 aliphatic rings. The van der Waals surface area contributed by atoms with Crippen molar-refractivity contribution in [3.05, 3.63) is 10.6 Å². The Hall–Kier alpha value is -0.610. The molecule has 1 rings (SSSR count). The van der Waals surface area contributed by atoms with Gasteiger partial charge in [0.2, 0.25) is 0 Å². The van der Waals surface area contributed by atoms with Gasteiger partial charge in [-0.05, 0) is 19.3 Å². The Morgan fingerprint density at radius 3 is 2.25 bits per heavy atom. The quantitative estimate of drug-likeness (QED) is 0.701. The van der Waals surface area contributed by atoms with Crippen molar-refractivity contribution in [2.75, 3.05) is 18.0 Å². The maximum atomic E-state index is 4.92. The summed E-state index contributed by atoms with van der Waals surface area (Å²) in [5.41, 5.74) is 1.30. The second-order valence-electron chi connectivity index (χ2n) is 5.64. The third kappa shape index (κ3) is 5.41. The van der Waals surface area contributed by atoms with Crippen molar-refractivity contribution in [2.45, 2.75) is 72.9 Å². The van der Waals surface area contributed by atoms with Crippen LogP contribution in [0.15, 0.2) is 0 Å². The van der Waals surface area contributed by atoms with E-state index >= 15 is 0 Å². The fourth-order valence-electron chi connectivity index (χ4n) is 2.21. The van der Waals surface area contributed by atoms with E-state index in [0.29, 0.717) is 6.04 Å². The van der Waals surface area contributed by atoms with Crippen LogP contribution in [0.2, 0.25) is 0 Å². The zero-order chi connectivity index (χ0) is 15.0. The van der Waals surface area contributed by atoms with Crippen molar-refractivity contribution < 1.29 is 0 Å². The monoisotopic (exact) mass is 297 g/mol. The Labute approximate surface area is 128 Å². The first-order valence-corrected chi connectivity index (χ1v) is 8.90. The van der Waals surface area contributed by atoms with Crippen LogP contribution < -0.4 is 10.2 Å². The van der Waals surface area contributed by atoms with Gasteiger partial charge in [0.15, 0.2) is 5.13 Å². The summed E-state index contributed by atoms with van der Waals surface area (Å²) in [7, 11) is 0. The van der Waals surface area contributed by atoms with E-state index in [1.165, 1.54) is 35.0 Å². The summed E-state index contributed by atoms with van der Waals surface area (Å²) in [6.45, 7) is 14.3. The molecule has 0 saturated heterocycles. The molecular formula is C16H31N3S. The maximum absolute atomic E-state index is 4.92. The van der Waals surface area contributed by atoms with E-state index in [0.717, 1.165) is 26.1 Å². The molecule has 0 aliphatic heterocycles. The highest BCUT2D eigenvalue weighted by atomic mass is 32.1. The molecule has 0 bridgehead atoms. The van der Waals surface area contributed by atoms with Crippen LogP contribution in [0.4, 0.5) is 5.13 Å². The average Bonchev–Trinajstić information content (AvgIpc) is 2.80. The summed E-state index contributed by atoms with van der Waals surface area (Å²) in [5, 5.41) is 4.75. The molecule has 0 saturated carbocycles. The van der Waals surface area contributed by atoms with E-state index < -0.39 is 0 Å². The van der Waals surface area contributed by atoms with E-state index in [2.05, 4.69) is 44.8 Å². The van der Waals surface area contributed by atoms with Crippen LogP contribution in [0.25, 0.3) is 0 Å². The third-order valence-corrected chi connectivity index (χ3v) is 4.34. The third-order valence-electron chi connectivity index (χ3n) is 3.18. The molecule has 4 heteroatoms. The second-order valence-corrected chi connectivity index (χ2v) is 6.70. The van der Waals surface area contributed by atoms with Crippen molar-refractivity contribution in [2.24, 2.45) is 0 Å². The van der Waals surface area contributed by atoms with Gasteiger partial charge in [-0.2, -0.15) is 0 Å². The largest absolute Gasteiger partial charge is 0.348 e. The molecule has 0 atom stereocenters. The lowest BCUT2D eigenvalue weighted by Gasteiger charge is -2.20. The Kier molecular flexibility index (Phi) is 8.15. The molecule has 0 aromatic carbocycles. The standard InChI is InChI=1S/C16H31N3S/c1-6-9-14-15(12-17-13(4)5)20-16(18-14)19(10-7-2)11-8-3/h13,17H,6-12H2,1-5H3. The average molecular weight is 298 g/mol. The van der Waals surface area contributed by atoms with Crippen molar-refractivity contribution >= 4 is 16.5 Å². The van der Waals surface area contributed by atoms with Crippen LogP contribution in [0.1, 0.15) is 64.5 Å². The summed E-state index contributed by atoms with van der Waals surface area (Å²) in [6.07, 6.45) is 4.63. The van der Waals surface area contributed by atoms with Crippen LogP contribution in [-0.4, -0.2) is 24.1 Å². The highest BCUT2D eigenvalue weighted by molar-refractivity contribution is 7.15. The number of nitrogens with zero attached hydrogens (tertiary/aromatic N) is 2. The van der Waals surface area contributed by atoms with Crippen LogP contribution in [0, 0.1) is 0 Å². The summed E-state index contributed by atoms with van der Waals surface area (Å²) in [4.78, 5) is 8.79. The normalized spacial score (nSPS) is 11.3. The first-order chi connectivity index (χ1) is 9.62. The molecule has 1 aromatic rings. The maximum Gasteiger partial charge on any atom is 0.185 e. The molecule has 1 heterocycles. The number of aryl methyl sites for hydroxylation is 1. The summed E-state index contributed by atoms with van der Waals surface area (Å²) in [5.74, 6) is 0. The topological polar surface area (TPSA) is 28.2 Å². The molecule has 3 nitrogen and oxygen atoms in total. The van der Waals surface area contributed by atoms with Crippen LogP contribution in [0.5, 0.6) is 0 Å². The molecular weight excluding hydrogens is 266 g/mol. The number of hydrogen-bond donors (Lipinski definition) is 1. The SMILES string of the molecule is CCCc1nc(N(CCC)CCC)sc1CNC(C)C. The molecule has 1 N–H and O–H groups in total.